The van der Waals surface area contributed by atoms with Crippen LogP contribution in [-0.4, -0.2) is 16.8 Å². The van der Waals surface area contributed by atoms with Crippen molar-refractivity contribution in [1.82, 2.24) is 4.90 Å². The molecule has 0 bridgehead atoms. The highest BCUT2D eigenvalue weighted by molar-refractivity contribution is 5.96. The maximum absolute atomic E-state index is 12.9. The Morgan fingerprint density at radius 3 is 2.36 bits per heavy atom. The van der Waals surface area contributed by atoms with E-state index in [1.807, 2.05) is 44.2 Å². The van der Waals surface area contributed by atoms with E-state index < -0.39 is 5.63 Å². The lowest BCUT2D eigenvalue weighted by Gasteiger charge is -2.28. The molecule has 22 heavy (non-hydrogen) atoms. The number of hydrogen-bond donors (Lipinski definition) is 0. The van der Waals surface area contributed by atoms with Crippen molar-refractivity contribution < 1.29 is 9.21 Å². The van der Waals surface area contributed by atoms with Gasteiger partial charge in [0.1, 0.15) is 5.76 Å². The first kappa shape index (κ1) is 16.0. The minimum atomic E-state index is -0.425. The molecule has 0 N–H and O–H groups in total. The van der Waals surface area contributed by atoms with E-state index in [2.05, 4.69) is 0 Å². The molecule has 0 saturated heterocycles. The zero-order valence-corrected chi connectivity index (χ0v) is 13.4. The fourth-order valence-corrected chi connectivity index (χ4v) is 2.49. The summed E-state index contributed by atoms with van der Waals surface area (Å²) in [6, 6.07) is 11.2. The predicted molar refractivity (Wildman–Crippen MR) is 85.9 cm³/mol. The molecule has 1 aromatic carbocycles. The van der Waals surface area contributed by atoms with Gasteiger partial charge in [-0.15, -0.1) is 0 Å². The molecule has 0 aliphatic rings. The van der Waals surface area contributed by atoms with Crippen molar-refractivity contribution in [1.29, 1.82) is 0 Å². The van der Waals surface area contributed by atoms with Crippen LogP contribution in [0.15, 0.2) is 45.6 Å². The first-order chi connectivity index (χ1) is 10.4. The van der Waals surface area contributed by atoms with Gasteiger partial charge in [-0.05, 0) is 38.8 Å². The lowest BCUT2D eigenvalue weighted by Crippen LogP contribution is -2.37. The Morgan fingerprint density at radius 2 is 1.82 bits per heavy atom. The minimum Gasteiger partial charge on any atom is -0.427 e. The fourth-order valence-electron chi connectivity index (χ4n) is 2.49. The van der Waals surface area contributed by atoms with Crippen LogP contribution < -0.4 is 5.63 Å². The third kappa shape index (κ3) is 3.45. The second-order valence-corrected chi connectivity index (χ2v) is 5.69. The largest absolute Gasteiger partial charge is 0.427 e. The van der Waals surface area contributed by atoms with Crippen LogP contribution in [0.25, 0.3) is 0 Å². The summed E-state index contributed by atoms with van der Waals surface area (Å²) >= 11 is 0. The number of amides is 1. The number of aryl methyl sites for hydroxylation is 2. The number of nitrogens with zero attached hydrogens (tertiary/aromatic N) is 1. The van der Waals surface area contributed by atoms with E-state index in [-0.39, 0.29) is 11.9 Å². The third-order valence-electron chi connectivity index (χ3n) is 3.63. The lowest BCUT2D eigenvalue weighted by molar-refractivity contribution is 0.0685. The molecule has 4 heteroatoms. The number of rotatable bonds is 4. The second-order valence-electron chi connectivity index (χ2n) is 5.69. The van der Waals surface area contributed by atoms with Crippen LogP contribution in [0.5, 0.6) is 0 Å². The molecule has 0 aliphatic carbocycles. The van der Waals surface area contributed by atoms with Crippen molar-refractivity contribution in [3.8, 4) is 0 Å². The van der Waals surface area contributed by atoms with E-state index in [4.69, 9.17) is 4.42 Å². The maximum Gasteiger partial charge on any atom is 0.336 e. The molecule has 0 unspecified atom stereocenters. The van der Waals surface area contributed by atoms with Gasteiger partial charge < -0.3 is 9.32 Å². The van der Waals surface area contributed by atoms with Crippen LogP contribution in [0.4, 0.5) is 0 Å². The summed E-state index contributed by atoms with van der Waals surface area (Å²) in [7, 11) is 0. The van der Waals surface area contributed by atoms with E-state index in [0.29, 0.717) is 23.4 Å². The highest BCUT2D eigenvalue weighted by atomic mass is 16.4. The summed E-state index contributed by atoms with van der Waals surface area (Å²) < 4.78 is 5.09. The van der Waals surface area contributed by atoms with Crippen molar-refractivity contribution >= 4 is 5.91 Å². The van der Waals surface area contributed by atoms with Crippen LogP contribution in [0.1, 0.15) is 41.1 Å². The van der Waals surface area contributed by atoms with E-state index in [1.54, 1.807) is 18.7 Å². The molecule has 0 radical (unpaired) electrons. The van der Waals surface area contributed by atoms with Crippen LogP contribution in [0.3, 0.4) is 0 Å². The molecule has 4 nitrogen and oxygen atoms in total. The van der Waals surface area contributed by atoms with Gasteiger partial charge in [0.15, 0.2) is 0 Å². The zero-order valence-electron chi connectivity index (χ0n) is 13.4. The van der Waals surface area contributed by atoms with Crippen molar-refractivity contribution in [3.63, 3.8) is 0 Å². The highest BCUT2D eigenvalue weighted by Crippen LogP contribution is 2.18. The summed E-state index contributed by atoms with van der Waals surface area (Å²) in [4.78, 5) is 26.1. The molecule has 0 saturated carbocycles. The van der Waals surface area contributed by atoms with E-state index in [1.165, 1.54) is 6.07 Å². The molecule has 0 aliphatic heterocycles. The Balaban J connectivity index is 2.37. The third-order valence-corrected chi connectivity index (χ3v) is 3.63. The maximum atomic E-state index is 12.9. The summed E-state index contributed by atoms with van der Waals surface area (Å²) in [5, 5.41) is 0. The Labute approximate surface area is 130 Å². The molecule has 1 aromatic heterocycles. The molecule has 1 amide bonds. The van der Waals surface area contributed by atoms with Gasteiger partial charge in [0, 0.05) is 18.7 Å². The normalized spacial score (nSPS) is 10.8. The smallest absolute Gasteiger partial charge is 0.336 e. The highest BCUT2D eigenvalue weighted by Gasteiger charge is 2.23. The Bertz CT molecular complexity index is 691. The fraction of sp³-hybridized carbons (Fsp3) is 0.333. The average molecular weight is 299 g/mol. The predicted octanol–water partition coefficient (Wildman–Crippen LogP) is 3.31. The Morgan fingerprint density at radius 1 is 1.18 bits per heavy atom. The Kier molecular flexibility index (Phi) is 4.81. The standard InChI is InChI=1S/C18H21NO3/c1-12(2)19(11-15-8-6-5-7-9-15)18(21)17-13(3)10-16(20)22-14(17)4/h5-10,12H,11H2,1-4H3. The second kappa shape index (κ2) is 6.60. The number of carbonyl (C=O) groups excluding carboxylic acids is 1. The number of hydrogen-bond acceptors (Lipinski definition) is 3. The quantitative estimate of drug-likeness (QED) is 0.870. The molecule has 116 valence electrons. The van der Waals surface area contributed by atoms with Crippen LogP contribution in [-0.2, 0) is 6.54 Å². The molecule has 2 aromatic rings. The van der Waals surface area contributed by atoms with Crippen molar-refractivity contribution in [2.75, 3.05) is 0 Å². The lowest BCUT2D eigenvalue weighted by atomic mass is 10.1. The van der Waals surface area contributed by atoms with Gasteiger partial charge in [-0.1, -0.05) is 30.3 Å². The average Bonchev–Trinajstić information content (AvgIpc) is 2.44. The zero-order chi connectivity index (χ0) is 16.3. The molecule has 0 atom stereocenters. The van der Waals surface area contributed by atoms with Gasteiger partial charge >= 0.3 is 5.63 Å². The topological polar surface area (TPSA) is 50.5 Å². The molecular formula is C18H21NO3. The van der Waals surface area contributed by atoms with Crippen molar-refractivity contribution in [3.05, 3.63) is 69.3 Å². The first-order valence-corrected chi connectivity index (χ1v) is 7.36. The van der Waals surface area contributed by atoms with E-state index in [0.717, 1.165) is 5.56 Å². The van der Waals surface area contributed by atoms with E-state index in [9.17, 15) is 9.59 Å². The number of benzene rings is 1. The van der Waals surface area contributed by atoms with Crippen LogP contribution >= 0.6 is 0 Å². The van der Waals surface area contributed by atoms with Crippen molar-refractivity contribution in [2.24, 2.45) is 0 Å². The van der Waals surface area contributed by atoms with Gasteiger partial charge in [-0.25, -0.2) is 4.79 Å². The van der Waals surface area contributed by atoms with Gasteiger partial charge in [0.05, 0.1) is 5.56 Å². The molecule has 0 spiro atoms. The van der Waals surface area contributed by atoms with Gasteiger partial charge in [-0.3, -0.25) is 4.79 Å². The van der Waals surface area contributed by atoms with Crippen LogP contribution in [0.2, 0.25) is 0 Å². The molecule has 0 fully saturated rings. The van der Waals surface area contributed by atoms with Crippen LogP contribution in [0, 0.1) is 13.8 Å². The summed E-state index contributed by atoms with van der Waals surface area (Å²) in [6.45, 7) is 7.89. The minimum absolute atomic E-state index is 0.0402. The Hall–Kier alpha value is -2.36. The number of carbonyl (C=O) groups is 1. The van der Waals surface area contributed by atoms with Gasteiger partial charge in [-0.2, -0.15) is 0 Å². The first-order valence-electron chi connectivity index (χ1n) is 7.36. The molecule has 1 heterocycles. The SMILES string of the molecule is Cc1cc(=O)oc(C)c1C(=O)N(Cc1ccccc1)C(C)C. The van der Waals surface area contributed by atoms with E-state index >= 15 is 0 Å². The summed E-state index contributed by atoms with van der Waals surface area (Å²) in [5.74, 6) is 0.256. The summed E-state index contributed by atoms with van der Waals surface area (Å²) in [6.07, 6.45) is 0. The summed E-state index contributed by atoms with van der Waals surface area (Å²) in [5.41, 5.74) is 1.77. The molecular weight excluding hydrogens is 278 g/mol. The van der Waals surface area contributed by atoms with Gasteiger partial charge in [0.2, 0.25) is 0 Å². The van der Waals surface area contributed by atoms with Crippen molar-refractivity contribution in [2.45, 2.75) is 40.3 Å². The molecule has 2 rings (SSSR count). The van der Waals surface area contributed by atoms with Gasteiger partial charge in [0.25, 0.3) is 5.91 Å². The monoisotopic (exact) mass is 299 g/mol.